The molecule has 1 atom stereocenters. The maximum atomic E-state index is 11.4. The number of rotatable bonds is 4. The van der Waals surface area contributed by atoms with E-state index in [-0.39, 0.29) is 5.91 Å². The van der Waals surface area contributed by atoms with Crippen LogP contribution in [0.3, 0.4) is 0 Å². The first-order chi connectivity index (χ1) is 8.60. The first-order valence-corrected chi connectivity index (χ1v) is 6.59. The number of amides is 1. The molecule has 5 nitrogen and oxygen atoms in total. The summed E-state index contributed by atoms with van der Waals surface area (Å²) in [5, 5.41) is 7.94. The predicted molar refractivity (Wildman–Crippen MR) is 70.1 cm³/mol. The number of aryl methyl sites for hydroxylation is 2. The second kappa shape index (κ2) is 5.52. The first-order valence-electron chi connectivity index (χ1n) is 6.59. The number of nitrogens with one attached hydrogen (secondary N) is 1. The normalized spacial score (nSPS) is 20.5. The Bertz CT molecular complexity index is 427. The molecule has 1 aliphatic rings. The number of carbonyl (C=O) groups is 1. The number of likely N-dealkylation sites (tertiary alicyclic amines) is 1. The topological polar surface area (TPSA) is 50.2 Å². The molecule has 0 bridgehead atoms. The van der Waals surface area contributed by atoms with Gasteiger partial charge in [-0.15, -0.1) is 0 Å². The van der Waals surface area contributed by atoms with Gasteiger partial charge in [0.15, 0.2) is 0 Å². The van der Waals surface area contributed by atoms with E-state index in [2.05, 4.69) is 23.4 Å². The molecule has 0 aromatic carbocycles. The third-order valence-electron chi connectivity index (χ3n) is 3.59. The third kappa shape index (κ3) is 2.90. The van der Waals surface area contributed by atoms with Crippen molar-refractivity contribution in [1.29, 1.82) is 0 Å². The van der Waals surface area contributed by atoms with Crippen molar-refractivity contribution in [3.63, 3.8) is 0 Å². The molecule has 1 aliphatic heterocycles. The van der Waals surface area contributed by atoms with Crippen molar-refractivity contribution < 1.29 is 4.79 Å². The molecule has 5 heteroatoms. The van der Waals surface area contributed by atoms with Gasteiger partial charge < -0.3 is 10.2 Å². The van der Waals surface area contributed by atoms with Crippen LogP contribution in [0.5, 0.6) is 0 Å². The van der Waals surface area contributed by atoms with Crippen LogP contribution in [0.1, 0.15) is 31.2 Å². The van der Waals surface area contributed by atoms with Crippen LogP contribution in [-0.4, -0.2) is 40.2 Å². The zero-order valence-corrected chi connectivity index (χ0v) is 11.4. The number of hydrogen-bond donors (Lipinski definition) is 1. The minimum absolute atomic E-state index is 0.252. The Labute approximate surface area is 108 Å². The van der Waals surface area contributed by atoms with Crippen molar-refractivity contribution in [3.05, 3.63) is 17.5 Å². The second-order valence-electron chi connectivity index (χ2n) is 4.99. The lowest BCUT2D eigenvalue weighted by Gasteiger charge is -2.30. The fourth-order valence-electron chi connectivity index (χ4n) is 2.34. The average molecular weight is 250 g/mol. The van der Waals surface area contributed by atoms with Crippen LogP contribution < -0.4 is 5.32 Å². The van der Waals surface area contributed by atoms with E-state index in [1.165, 1.54) is 5.69 Å². The predicted octanol–water partition coefficient (Wildman–Crippen LogP) is 0.693. The minimum atomic E-state index is 0.252. The van der Waals surface area contributed by atoms with Gasteiger partial charge in [0.1, 0.15) is 0 Å². The molecule has 18 heavy (non-hydrogen) atoms. The summed E-state index contributed by atoms with van der Waals surface area (Å²) in [6, 6.07) is 2.54. The Morgan fingerprint density at radius 2 is 2.28 bits per heavy atom. The molecule has 0 spiro atoms. The highest BCUT2D eigenvalue weighted by atomic mass is 16.2. The smallest absolute Gasteiger partial charge is 0.222 e. The maximum Gasteiger partial charge on any atom is 0.222 e. The number of piperidine rings is 1. The first kappa shape index (κ1) is 13.1. The summed E-state index contributed by atoms with van der Waals surface area (Å²) >= 11 is 0. The summed E-state index contributed by atoms with van der Waals surface area (Å²) in [6.07, 6.45) is 2.55. The molecule has 1 aromatic heterocycles. The van der Waals surface area contributed by atoms with E-state index in [1.54, 1.807) is 0 Å². The van der Waals surface area contributed by atoms with Gasteiger partial charge in [-0.05, 0) is 18.9 Å². The van der Waals surface area contributed by atoms with E-state index in [0.29, 0.717) is 12.5 Å². The lowest BCUT2D eigenvalue weighted by molar-refractivity contribution is -0.132. The molecular formula is C13H22N4O. The monoisotopic (exact) mass is 250 g/mol. The van der Waals surface area contributed by atoms with Gasteiger partial charge in [-0.1, -0.05) is 6.92 Å². The molecular weight excluding hydrogens is 228 g/mol. The van der Waals surface area contributed by atoms with Crippen molar-refractivity contribution in [2.45, 2.75) is 38.8 Å². The number of nitrogens with zero attached hydrogens (tertiary/aromatic N) is 3. The van der Waals surface area contributed by atoms with Crippen LogP contribution in [-0.2, 0) is 24.8 Å². The summed E-state index contributed by atoms with van der Waals surface area (Å²) in [5.74, 6) is 0.252. The highest BCUT2D eigenvalue weighted by molar-refractivity contribution is 5.76. The highest BCUT2D eigenvalue weighted by Crippen LogP contribution is 2.11. The van der Waals surface area contributed by atoms with Gasteiger partial charge in [-0.2, -0.15) is 5.10 Å². The van der Waals surface area contributed by atoms with Crippen molar-refractivity contribution in [3.8, 4) is 0 Å². The van der Waals surface area contributed by atoms with Crippen molar-refractivity contribution in [2.75, 3.05) is 13.6 Å². The molecule has 2 heterocycles. The minimum Gasteiger partial charge on any atom is -0.344 e. The van der Waals surface area contributed by atoms with Gasteiger partial charge in [0.25, 0.3) is 0 Å². The van der Waals surface area contributed by atoms with E-state index in [9.17, 15) is 4.79 Å². The zero-order valence-electron chi connectivity index (χ0n) is 11.4. The molecule has 1 aromatic rings. The molecule has 1 saturated heterocycles. The lowest BCUT2D eigenvalue weighted by atomic mass is 10.1. The van der Waals surface area contributed by atoms with Crippen molar-refractivity contribution in [2.24, 2.45) is 7.05 Å². The van der Waals surface area contributed by atoms with Crippen molar-refractivity contribution >= 4 is 5.91 Å². The van der Waals surface area contributed by atoms with Gasteiger partial charge in [0.2, 0.25) is 5.91 Å². The van der Waals surface area contributed by atoms with E-state index in [0.717, 1.165) is 31.6 Å². The average Bonchev–Trinajstić information content (AvgIpc) is 2.72. The lowest BCUT2D eigenvalue weighted by Crippen LogP contribution is -2.46. The standard InChI is InChI=1S/C13H22N4O/c1-4-10-7-12(17(3)15-10)8-14-11-5-6-13(18)16(2)9-11/h7,11,14H,4-6,8-9H2,1-3H3. The number of carbonyl (C=O) groups excluding carboxylic acids is 1. The number of hydrogen-bond acceptors (Lipinski definition) is 3. The molecule has 0 radical (unpaired) electrons. The van der Waals surface area contributed by atoms with E-state index >= 15 is 0 Å². The van der Waals surface area contributed by atoms with Gasteiger partial charge in [0, 0.05) is 39.6 Å². The van der Waals surface area contributed by atoms with Crippen LogP contribution in [0.15, 0.2) is 6.07 Å². The summed E-state index contributed by atoms with van der Waals surface area (Å²) in [6.45, 7) is 3.73. The van der Waals surface area contributed by atoms with Crippen LogP contribution in [0.2, 0.25) is 0 Å². The fraction of sp³-hybridized carbons (Fsp3) is 0.692. The highest BCUT2D eigenvalue weighted by Gasteiger charge is 2.22. The number of aromatic nitrogens is 2. The van der Waals surface area contributed by atoms with Gasteiger partial charge in [-0.25, -0.2) is 0 Å². The summed E-state index contributed by atoms with van der Waals surface area (Å²) in [7, 11) is 3.85. The SMILES string of the molecule is CCc1cc(CNC2CCC(=O)N(C)C2)n(C)n1. The molecule has 1 N–H and O–H groups in total. The van der Waals surface area contributed by atoms with E-state index in [4.69, 9.17) is 0 Å². The van der Waals surface area contributed by atoms with Crippen LogP contribution >= 0.6 is 0 Å². The number of likely N-dealkylation sites (N-methyl/N-ethyl adjacent to an activating group) is 1. The summed E-state index contributed by atoms with van der Waals surface area (Å²) < 4.78 is 1.93. The van der Waals surface area contributed by atoms with Gasteiger partial charge in [0.05, 0.1) is 11.4 Å². The van der Waals surface area contributed by atoms with E-state index < -0.39 is 0 Å². The molecule has 1 unspecified atom stereocenters. The fourth-order valence-corrected chi connectivity index (χ4v) is 2.34. The maximum absolute atomic E-state index is 11.4. The van der Waals surface area contributed by atoms with Gasteiger partial charge >= 0.3 is 0 Å². The Morgan fingerprint density at radius 3 is 2.89 bits per heavy atom. The summed E-state index contributed by atoms with van der Waals surface area (Å²) in [5.41, 5.74) is 2.33. The molecule has 0 aliphatic carbocycles. The largest absolute Gasteiger partial charge is 0.344 e. The van der Waals surface area contributed by atoms with E-state index in [1.807, 2.05) is 23.7 Å². The molecule has 2 rings (SSSR count). The summed E-state index contributed by atoms with van der Waals surface area (Å²) in [4.78, 5) is 13.2. The molecule has 1 fully saturated rings. The Kier molecular flexibility index (Phi) is 4.01. The molecule has 1 amide bonds. The third-order valence-corrected chi connectivity index (χ3v) is 3.59. The quantitative estimate of drug-likeness (QED) is 0.855. The molecule has 0 saturated carbocycles. The Balaban J connectivity index is 1.87. The van der Waals surface area contributed by atoms with Gasteiger partial charge in [-0.3, -0.25) is 9.48 Å². The molecule has 100 valence electrons. The second-order valence-corrected chi connectivity index (χ2v) is 4.99. The zero-order chi connectivity index (χ0) is 13.1. The van der Waals surface area contributed by atoms with Crippen LogP contribution in [0.4, 0.5) is 0 Å². The Morgan fingerprint density at radius 1 is 1.50 bits per heavy atom. The van der Waals surface area contributed by atoms with Crippen LogP contribution in [0.25, 0.3) is 0 Å². The van der Waals surface area contributed by atoms with Crippen LogP contribution in [0, 0.1) is 0 Å². The van der Waals surface area contributed by atoms with Crippen molar-refractivity contribution in [1.82, 2.24) is 20.0 Å². The Hall–Kier alpha value is -1.36.